The molecule has 84 valence electrons. The van der Waals surface area contributed by atoms with Crippen LogP contribution in [0.25, 0.3) is 0 Å². The second-order valence-corrected chi connectivity index (χ2v) is 5.77. The van der Waals surface area contributed by atoms with Gasteiger partial charge in [0.15, 0.2) is 0 Å². The van der Waals surface area contributed by atoms with Gasteiger partial charge in [0.1, 0.15) is 0 Å². The van der Waals surface area contributed by atoms with Crippen LogP contribution >= 0.6 is 23.1 Å². The summed E-state index contributed by atoms with van der Waals surface area (Å²) in [6.07, 6.45) is 0. The molecule has 1 aromatic heterocycles. The van der Waals surface area contributed by atoms with Crippen molar-refractivity contribution in [3.8, 4) is 0 Å². The lowest BCUT2D eigenvalue weighted by molar-refractivity contribution is 1.18. The van der Waals surface area contributed by atoms with E-state index in [-0.39, 0.29) is 0 Å². The van der Waals surface area contributed by atoms with Crippen molar-refractivity contribution < 1.29 is 0 Å². The number of thioether (sulfide) groups is 1. The van der Waals surface area contributed by atoms with Crippen molar-refractivity contribution in [3.63, 3.8) is 0 Å². The van der Waals surface area contributed by atoms with Crippen molar-refractivity contribution in [2.24, 2.45) is 0 Å². The van der Waals surface area contributed by atoms with Crippen LogP contribution < -0.4 is 5.73 Å². The third-order valence-electron chi connectivity index (χ3n) is 2.21. The number of benzene rings is 1. The van der Waals surface area contributed by atoms with Crippen molar-refractivity contribution in [1.29, 1.82) is 0 Å². The highest BCUT2D eigenvalue weighted by molar-refractivity contribution is 7.98. The molecule has 1 heterocycles. The summed E-state index contributed by atoms with van der Waals surface area (Å²) in [5, 5.41) is 3.22. The van der Waals surface area contributed by atoms with E-state index in [0.717, 1.165) is 27.0 Å². The molecule has 0 unspecified atom stereocenters. The van der Waals surface area contributed by atoms with E-state index in [2.05, 4.69) is 29.4 Å². The molecule has 2 rings (SSSR count). The minimum absolute atomic E-state index is 0.858. The van der Waals surface area contributed by atoms with E-state index >= 15 is 0 Å². The van der Waals surface area contributed by atoms with E-state index in [0.29, 0.717) is 0 Å². The molecule has 16 heavy (non-hydrogen) atoms. The number of aryl methyl sites for hydroxylation is 2. The second-order valence-electron chi connectivity index (χ2n) is 3.69. The average molecular weight is 250 g/mol. The Morgan fingerprint density at radius 2 is 2.19 bits per heavy atom. The summed E-state index contributed by atoms with van der Waals surface area (Å²) in [4.78, 5) is 5.57. The summed E-state index contributed by atoms with van der Waals surface area (Å²) < 4.78 is 0. The molecule has 0 aliphatic carbocycles. The average Bonchev–Trinajstić information content (AvgIpc) is 2.63. The van der Waals surface area contributed by atoms with Crippen molar-refractivity contribution in [2.75, 3.05) is 5.73 Å². The lowest BCUT2D eigenvalue weighted by Gasteiger charge is -2.04. The topological polar surface area (TPSA) is 38.9 Å². The molecule has 0 bridgehead atoms. The van der Waals surface area contributed by atoms with Gasteiger partial charge >= 0.3 is 0 Å². The van der Waals surface area contributed by atoms with E-state index in [4.69, 9.17) is 5.73 Å². The standard InChI is InChI=1S/C12H14N2S2/c1-8-3-4-12(11(13)5-8)16-7-10-6-15-9(2)14-10/h3-6H,7,13H2,1-2H3. The van der Waals surface area contributed by atoms with Gasteiger partial charge in [-0.25, -0.2) is 4.98 Å². The third kappa shape index (κ3) is 2.77. The molecule has 0 saturated carbocycles. The number of hydrogen-bond donors (Lipinski definition) is 1. The summed E-state index contributed by atoms with van der Waals surface area (Å²) >= 11 is 3.43. The minimum Gasteiger partial charge on any atom is -0.398 e. The summed E-state index contributed by atoms with van der Waals surface area (Å²) in [5.74, 6) is 0.887. The van der Waals surface area contributed by atoms with E-state index in [1.165, 1.54) is 5.56 Å². The van der Waals surface area contributed by atoms with E-state index in [9.17, 15) is 0 Å². The predicted molar refractivity (Wildman–Crippen MR) is 72.0 cm³/mol. The largest absolute Gasteiger partial charge is 0.398 e. The van der Waals surface area contributed by atoms with Crippen LogP contribution in [-0.4, -0.2) is 4.98 Å². The Morgan fingerprint density at radius 3 is 2.81 bits per heavy atom. The molecule has 2 aromatic rings. The molecule has 0 radical (unpaired) electrons. The molecule has 0 fully saturated rings. The summed E-state index contributed by atoms with van der Waals surface area (Å²) in [5.41, 5.74) is 9.14. The normalized spacial score (nSPS) is 10.6. The first-order chi connectivity index (χ1) is 7.65. The highest BCUT2D eigenvalue weighted by Gasteiger charge is 2.03. The van der Waals surface area contributed by atoms with Gasteiger partial charge in [0.05, 0.1) is 10.7 Å². The SMILES string of the molecule is Cc1ccc(SCc2csc(C)n2)c(N)c1. The maximum atomic E-state index is 5.95. The zero-order chi connectivity index (χ0) is 11.5. The minimum atomic E-state index is 0.858. The van der Waals surface area contributed by atoms with Gasteiger partial charge in [-0.1, -0.05) is 6.07 Å². The van der Waals surface area contributed by atoms with Gasteiger partial charge < -0.3 is 5.73 Å². The predicted octanol–water partition coefficient (Wildman–Crippen LogP) is 3.63. The number of thiazole rings is 1. The van der Waals surface area contributed by atoms with Gasteiger partial charge in [-0.05, 0) is 31.5 Å². The monoisotopic (exact) mass is 250 g/mol. The van der Waals surface area contributed by atoms with E-state index in [1.54, 1.807) is 23.1 Å². The number of rotatable bonds is 3. The Kier molecular flexibility index (Phi) is 3.51. The Balaban J connectivity index is 2.04. The van der Waals surface area contributed by atoms with Gasteiger partial charge in [-0.3, -0.25) is 0 Å². The Hall–Kier alpha value is -1.00. The van der Waals surface area contributed by atoms with Gasteiger partial charge in [-0.15, -0.1) is 23.1 Å². The fourth-order valence-corrected chi connectivity index (χ4v) is 2.98. The fourth-order valence-electron chi connectivity index (χ4n) is 1.43. The molecular weight excluding hydrogens is 236 g/mol. The molecule has 1 aromatic carbocycles. The van der Waals surface area contributed by atoms with Crippen LogP contribution in [-0.2, 0) is 5.75 Å². The van der Waals surface area contributed by atoms with Crippen LogP contribution in [0, 0.1) is 13.8 Å². The number of nitrogens with zero attached hydrogens (tertiary/aromatic N) is 1. The number of hydrogen-bond acceptors (Lipinski definition) is 4. The summed E-state index contributed by atoms with van der Waals surface area (Å²) in [6, 6.07) is 6.17. The summed E-state index contributed by atoms with van der Waals surface area (Å²) in [6.45, 7) is 4.08. The Bertz CT molecular complexity index is 492. The maximum Gasteiger partial charge on any atom is 0.0897 e. The molecule has 0 amide bonds. The lowest BCUT2D eigenvalue weighted by atomic mass is 10.2. The second kappa shape index (κ2) is 4.89. The molecule has 4 heteroatoms. The van der Waals surface area contributed by atoms with E-state index < -0.39 is 0 Å². The van der Waals surface area contributed by atoms with Gasteiger partial charge in [0, 0.05) is 21.7 Å². The fraction of sp³-hybridized carbons (Fsp3) is 0.250. The highest BCUT2D eigenvalue weighted by atomic mass is 32.2. The van der Waals surface area contributed by atoms with Crippen LogP contribution in [0.4, 0.5) is 5.69 Å². The Labute approximate surface area is 104 Å². The van der Waals surface area contributed by atoms with Crippen LogP contribution in [0.3, 0.4) is 0 Å². The number of anilines is 1. The van der Waals surface area contributed by atoms with Crippen molar-refractivity contribution in [3.05, 3.63) is 39.8 Å². The molecule has 0 aliphatic heterocycles. The van der Waals surface area contributed by atoms with E-state index in [1.807, 2.05) is 13.0 Å². The first kappa shape index (κ1) is 11.5. The number of nitrogens with two attached hydrogens (primary N) is 1. The van der Waals surface area contributed by atoms with Crippen LogP contribution in [0.1, 0.15) is 16.3 Å². The van der Waals surface area contributed by atoms with Gasteiger partial charge in [0.2, 0.25) is 0 Å². The molecular formula is C12H14N2S2. The maximum absolute atomic E-state index is 5.95. The van der Waals surface area contributed by atoms with Crippen LogP contribution in [0.15, 0.2) is 28.5 Å². The molecule has 0 aliphatic rings. The Morgan fingerprint density at radius 1 is 1.38 bits per heavy atom. The lowest BCUT2D eigenvalue weighted by Crippen LogP contribution is -1.90. The smallest absolute Gasteiger partial charge is 0.0897 e. The number of nitrogen functional groups attached to an aromatic ring is 1. The van der Waals surface area contributed by atoms with Gasteiger partial charge in [-0.2, -0.15) is 0 Å². The molecule has 2 N–H and O–H groups in total. The quantitative estimate of drug-likeness (QED) is 0.668. The first-order valence-corrected chi connectivity index (χ1v) is 6.91. The molecule has 2 nitrogen and oxygen atoms in total. The highest BCUT2D eigenvalue weighted by Crippen LogP contribution is 2.28. The van der Waals surface area contributed by atoms with Crippen molar-refractivity contribution in [1.82, 2.24) is 4.98 Å². The van der Waals surface area contributed by atoms with Gasteiger partial charge in [0.25, 0.3) is 0 Å². The zero-order valence-corrected chi connectivity index (χ0v) is 11.0. The van der Waals surface area contributed by atoms with Crippen molar-refractivity contribution >= 4 is 28.8 Å². The first-order valence-electron chi connectivity index (χ1n) is 5.05. The van der Waals surface area contributed by atoms with Crippen LogP contribution in [0.2, 0.25) is 0 Å². The molecule has 0 atom stereocenters. The number of aromatic nitrogens is 1. The molecule has 0 saturated heterocycles. The summed E-state index contributed by atoms with van der Waals surface area (Å²) in [7, 11) is 0. The van der Waals surface area contributed by atoms with Crippen LogP contribution in [0.5, 0.6) is 0 Å². The third-order valence-corrected chi connectivity index (χ3v) is 4.15. The zero-order valence-electron chi connectivity index (χ0n) is 9.36. The van der Waals surface area contributed by atoms with Crippen molar-refractivity contribution in [2.45, 2.75) is 24.5 Å². The molecule has 0 spiro atoms.